The van der Waals surface area contributed by atoms with Crippen LogP contribution in [0.5, 0.6) is 0 Å². The Labute approximate surface area is 247 Å². The molecule has 3 N–H and O–H groups in total. The van der Waals surface area contributed by atoms with Gasteiger partial charge in [0.15, 0.2) is 0 Å². The van der Waals surface area contributed by atoms with E-state index < -0.39 is 23.6 Å². The van der Waals surface area contributed by atoms with E-state index in [2.05, 4.69) is 48.9 Å². The average molecular weight is 582 g/mol. The summed E-state index contributed by atoms with van der Waals surface area (Å²) in [6, 6.07) is 12.0. The maximum Gasteiger partial charge on any atom is 0.374 e. The minimum Gasteiger partial charge on any atom is -0.460 e. The Morgan fingerprint density at radius 3 is 1.79 bits per heavy atom. The van der Waals surface area contributed by atoms with E-state index in [0.29, 0.717) is 39.3 Å². The zero-order chi connectivity index (χ0) is 30.2. The molecule has 2 aromatic rings. The maximum absolute atomic E-state index is 12.0. The van der Waals surface area contributed by atoms with E-state index in [1.165, 1.54) is 26.2 Å². The molecule has 4 aliphatic heterocycles. The highest BCUT2D eigenvalue weighted by atomic mass is 16.5. The molecule has 0 saturated carbocycles. The van der Waals surface area contributed by atoms with Gasteiger partial charge in [-0.15, -0.1) is 0 Å². The van der Waals surface area contributed by atoms with Crippen LogP contribution < -0.4 is 16.0 Å². The molecule has 0 unspecified atom stereocenters. The molecular formula is C30H43N7O5. The van der Waals surface area contributed by atoms with Crippen LogP contribution in [0, 0.1) is 0 Å². The number of nitrogens with one attached hydrogen (secondary N) is 3. The highest BCUT2D eigenvalue weighted by Crippen LogP contribution is 2.11. The van der Waals surface area contributed by atoms with Gasteiger partial charge in [-0.25, -0.2) is 4.79 Å². The van der Waals surface area contributed by atoms with Crippen molar-refractivity contribution in [1.29, 1.82) is 0 Å². The van der Waals surface area contributed by atoms with Gasteiger partial charge in [0.25, 0.3) is 0 Å². The second-order valence-electron chi connectivity index (χ2n) is 10.1. The number of hydrogen-bond acceptors (Lipinski definition) is 10. The molecule has 6 bridgehead atoms. The molecule has 12 nitrogen and oxygen atoms in total. The van der Waals surface area contributed by atoms with Crippen LogP contribution in [-0.4, -0.2) is 89.2 Å². The number of pyridine rings is 2. The standard InChI is InChI=1S/C13H16N4O2.C12H19N3.C5H8O3/c18-12-13(19)17-7-6-16(12)5-4-14-8-10-2-1-3-11(9-17)15-10;1-2-7-13-9-11-5-4-6-12(15-11)10-14-8-3-1;1-3-8-5(7)4(2)6/h1-3,14H,4-9H2;4-6,13-14H,1-3,7-10H2;3H2,1-2H3. The van der Waals surface area contributed by atoms with Crippen LogP contribution in [0.15, 0.2) is 36.4 Å². The number of aromatic nitrogens is 2. The number of carbonyl (C=O) groups excluding carboxylic acids is 4. The maximum atomic E-state index is 12.0. The van der Waals surface area contributed by atoms with Gasteiger partial charge in [-0.05, 0) is 57.1 Å². The van der Waals surface area contributed by atoms with Gasteiger partial charge >= 0.3 is 17.8 Å². The van der Waals surface area contributed by atoms with Crippen LogP contribution in [0.2, 0.25) is 0 Å². The fraction of sp³-hybridized carbons (Fsp3) is 0.533. The summed E-state index contributed by atoms with van der Waals surface area (Å²) >= 11 is 0. The number of rotatable bonds is 2. The first-order valence-electron chi connectivity index (χ1n) is 14.6. The molecule has 2 aromatic heterocycles. The van der Waals surface area contributed by atoms with E-state index in [4.69, 9.17) is 0 Å². The van der Waals surface area contributed by atoms with Crippen molar-refractivity contribution < 1.29 is 23.9 Å². The Kier molecular flexibility index (Phi) is 14.0. The Morgan fingerprint density at radius 1 is 0.738 bits per heavy atom. The number of esters is 1. The largest absolute Gasteiger partial charge is 0.460 e. The lowest BCUT2D eigenvalue weighted by molar-refractivity contribution is -0.156. The minimum atomic E-state index is -0.757. The number of ketones is 1. The lowest BCUT2D eigenvalue weighted by atomic mass is 10.2. The van der Waals surface area contributed by atoms with Gasteiger partial charge in [0.05, 0.1) is 35.9 Å². The van der Waals surface area contributed by atoms with E-state index in [1.54, 1.807) is 16.7 Å². The second kappa shape index (κ2) is 17.9. The van der Waals surface area contributed by atoms with E-state index in [1.807, 2.05) is 18.2 Å². The van der Waals surface area contributed by atoms with Crippen molar-refractivity contribution in [2.45, 2.75) is 59.3 Å². The van der Waals surface area contributed by atoms with Gasteiger partial charge in [0.2, 0.25) is 5.78 Å². The zero-order valence-electron chi connectivity index (χ0n) is 24.7. The Hall–Kier alpha value is -3.74. The smallest absolute Gasteiger partial charge is 0.374 e. The Balaban J connectivity index is 0.000000188. The molecule has 0 aromatic carbocycles. The molecule has 6 rings (SSSR count). The number of fused-ring (bicyclic) bond motifs is 7. The first kappa shape index (κ1) is 32.8. The number of carbonyl (C=O) groups is 4. The zero-order valence-corrected chi connectivity index (χ0v) is 24.7. The van der Waals surface area contributed by atoms with Crippen molar-refractivity contribution in [2.75, 3.05) is 45.9 Å². The molecule has 1 saturated heterocycles. The van der Waals surface area contributed by atoms with Crippen molar-refractivity contribution in [2.24, 2.45) is 0 Å². The molecule has 0 atom stereocenters. The summed E-state index contributed by atoms with van der Waals surface area (Å²) in [7, 11) is 0. The van der Waals surface area contributed by atoms with Crippen molar-refractivity contribution >= 4 is 23.6 Å². The van der Waals surface area contributed by atoms with Crippen molar-refractivity contribution in [1.82, 2.24) is 35.7 Å². The summed E-state index contributed by atoms with van der Waals surface area (Å²) in [5, 5.41) is 10.1. The number of Topliss-reactive ketones (excluding diaryl/α,β-unsaturated/α-hetero) is 1. The number of nitrogens with zero attached hydrogens (tertiary/aromatic N) is 4. The summed E-state index contributed by atoms with van der Waals surface area (Å²) < 4.78 is 4.31. The van der Waals surface area contributed by atoms with Gasteiger partial charge < -0.3 is 30.5 Å². The Bertz CT molecular complexity index is 1160. The van der Waals surface area contributed by atoms with E-state index in [9.17, 15) is 19.2 Å². The van der Waals surface area contributed by atoms with Crippen LogP contribution in [0.1, 0.15) is 55.9 Å². The molecular weight excluding hydrogens is 538 g/mol. The van der Waals surface area contributed by atoms with Crippen LogP contribution in [0.3, 0.4) is 0 Å². The fourth-order valence-corrected chi connectivity index (χ4v) is 4.49. The van der Waals surface area contributed by atoms with Gasteiger partial charge in [-0.2, -0.15) is 0 Å². The lowest BCUT2D eigenvalue weighted by Crippen LogP contribution is -2.55. The molecule has 4 aliphatic rings. The predicted molar refractivity (Wildman–Crippen MR) is 157 cm³/mol. The van der Waals surface area contributed by atoms with Crippen molar-refractivity contribution in [3.63, 3.8) is 0 Å². The number of hydrogen-bond donors (Lipinski definition) is 3. The Morgan fingerprint density at radius 2 is 1.24 bits per heavy atom. The van der Waals surface area contributed by atoms with Crippen LogP contribution in [-0.2, 0) is 50.1 Å². The molecule has 0 aliphatic carbocycles. The van der Waals surface area contributed by atoms with E-state index in [-0.39, 0.29) is 6.61 Å². The van der Waals surface area contributed by atoms with Gasteiger partial charge in [0.1, 0.15) is 0 Å². The van der Waals surface area contributed by atoms with Crippen LogP contribution >= 0.6 is 0 Å². The molecule has 0 radical (unpaired) electrons. The first-order valence-corrected chi connectivity index (χ1v) is 14.6. The molecule has 12 heteroatoms. The highest BCUT2D eigenvalue weighted by Gasteiger charge is 2.32. The van der Waals surface area contributed by atoms with Crippen LogP contribution in [0.4, 0.5) is 0 Å². The summed E-state index contributed by atoms with van der Waals surface area (Å²) in [4.78, 5) is 56.5. The third-order valence-corrected chi connectivity index (χ3v) is 6.73. The second-order valence-corrected chi connectivity index (χ2v) is 10.1. The predicted octanol–water partition coefficient (Wildman–Crippen LogP) is 0.939. The number of piperazine rings is 1. The molecule has 228 valence electrons. The van der Waals surface area contributed by atoms with Gasteiger partial charge in [-0.3, -0.25) is 24.4 Å². The summed E-state index contributed by atoms with van der Waals surface area (Å²) in [6.07, 6.45) is 3.84. The normalized spacial score (nSPS) is 17.5. The van der Waals surface area contributed by atoms with Crippen molar-refractivity contribution in [3.8, 4) is 0 Å². The lowest BCUT2D eigenvalue weighted by Gasteiger charge is -2.34. The summed E-state index contributed by atoms with van der Waals surface area (Å²) in [5.41, 5.74) is 4.09. The van der Waals surface area contributed by atoms with Gasteiger partial charge in [0, 0.05) is 52.7 Å². The van der Waals surface area contributed by atoms with Crippen LogP contribution in [0.25, 0.3) is 0 Å². The fourth-order valence-electron chi connectivity index (χ4n) is 4.49. The van der Waals surface area contributed by atoms with E-state index >= 15 is 0 Å². The monoisotopic (exact) mass is 581 g/mol. The molecule has 0 spiro atoms. The molecule has 42 heavy (non-hydrogen) atoms. The number of amides is 2. The van der Waals surface area contributed by atoms with E-state index in [0.717, 1.165) is 49.0 Å². The SMILES string of the molecule is CCOC(=O)C(C)=O.O=C1C(=O)N2CCN1CCNCc1cccc(n1)C2.c1cc2nc(c1)CNCCCCCNC2. The van der Waals surface area contributed by atoms with Crippen molar-refractivity contribution in [3.05, 3.63) is 59.2 Å². The number of ether oxygens (including phenoxy) is 1. The highest BCUT2D eigenvalue weighted by molar-refractivity contribution is 6.35. The molecule has 6 heterocycles. The quantitative estimate of drug-likeness (QED) is 0.346. The minimum absolute atomic E-state index is 0.262. The third kappa shape index (κ3) is 11.3. The molecule has 1 fully saturated rings. The third-order valence-electron chi connectivity index (χ3n) is 6.73. The molecule has 2 amide bonds. The first-order chi connectivity index (χ1) is 20.4. The average Bonchev–Trinajstić information content (AvgIpc) is 2.98. The topological polar surface area (TPSA) is 146 Å². The summed E-state index contributed by atoms with van der Waals surface area (Å²) in [6.45, 7) is 10.6. The summed E-state index contributed by atoms with van der Waals surface area (Å²) in [5.74, 6) is -2.12. The van der Waals surface area contributed by atoms with Gasteiger partial charge in [-0.1, -0.05) is 18.6 Å².